The quantitative estimate of drug-likeness (QED) is 0.908. The zero-order valence-corrected chi connectivity index (χ0v) is 11.7. The van der Waals surface area contributed by atoms with E-state index in [4.69, 9.17) is 4.74 Å². The highest BCUT2D eigenvalue weighted by Gasteiger charge is 2.35. The third-order valence-corrected chi connectivity index (χ3v) is 3.88. The third-order valence-electron chi connectivity index (χ3n) is 3.88. The average Bonchev–Trinajstić information content (AvgIpc) is 2.54. The summed E-state index contributed by atoms with van der Waals surface area (Å²) < 4.78 is 19.2. The molecular formula is C17H18FNO2. The van der Waals surface area contributed by atoms with Gasteiger partial charge in [0, 0.05) is 5.69 Å². The molecule has 0 saturated carbocycles. The second-order valence-corrected chi connectivity index (χ2v) is 5.41. The predicted octanol–water partition coefficient (Wildman–Crippen LogP) is 2.99. The number of benzene rings is 2. The van der Waals surface area contributed by atoms with E-state index in [1.165, 1.54) is 12.1 Å². The van der Waals surface area contributed by atoms with Gasteiger partial charge in [0.25, 0.3) is 0 Å². The maximum Gasteiger partial charge on any atom is 0.149 e. The number of ether oxygens (including phenoxy) is 1. The highest BCUT2D eigenvalue weighted by atomic mass is 19.1. The van der Waals surface area contributed by atoms with Crippen molar-refractivity contribution in [3.63, 3.8) is 0 Å². The van der Waals surface area contributed by atoms with E-state index >= 15 is 0 Å². The minimum Gasteiger partial charge on any atom is -0.483 e. The Morgan fingerprint density at radius 3 is 2.76 bits per heavy atom. The first-order valence-corrected chi connectivity index (χ1v) is 7.08. The fourth-order valence-corrected chi connectivity index (χ4v) is 2.60. The van der Waals surface area contributed by atoms with Crippen LogP contribution in [0.25, 0.3) is 0 Å². The Labute approximate surface area is 123 Å². The van der Waals surface area contributed by atoms with Crippen LogP contribution in [0.5, 0.6) is 5.75 Å². The van der Waals surface area contributed by atoms with E-state index in [2.05, 4.69) is 5.32 Å². The van der Waals surface area contributed by atoms with Crippen molar-refractivity contribution in [2.45, 2.75) is 18.4 Å². The van der Waals surface area contributed by atoms with Crippen LogP contribution in [0, 0.1) is 5.82 Å². The van der Waals surface area contributed by atoms with Gasteiger partial charge < -0.3 is 15.2 Å². The Hall–Kier alpha value is -2.07. The van der Waals surface area contributed by atoms with Gasteiger partial charge in [0.1, 0.15) is 17.2 Å². The first-order chi connectivity index (χ1) is 10.2. The minimum absolute atomic E-state index is 0.0797. The molecule has 1 unspecified atom stereocenters. The summed E-state index contributed by atoms with van der Waals surface area (Å²) in [5.74, 6) is 0.405. The standard InChI is InChI=1S/C17H18FNO2/c18-14-6-7-16-13(10-14)8-9-17(12-20,21-16)11-19-15-4-2-1-3-5-15/h1-7,10,19-20H,8-9,11-12H2. The van der Waals surface area contributed by atoms with Crippen LogP contribution in [0.2, 0.25) is 0 Å². The number of hydrogen-bond donors (Lipinski definition) is 2. The van der Waals surface area contributed by atoms with Gasteiger partial charge in [0.15, 0.2) is 0 Å². The molecule has 0 fully saturated rings. The highest BCUT2D eigenvalue weighted by Crippen LogP contribution is 2.33. The molecule has 1 heterocycles. The van der Waals surface area contributed by atoms with Crippen LogP contribution >= 0.6 is 0 Å². The molecule has 1 atom stereocenters. The van der Waals surface area contributed by atoms with Gasteiger partial charge in [-0.05, 0) is 48.7 Å². The number of fused-ring (bicyclic) bond motifs is 1. The molecule has 0 aliphatic carbocycles. The van der Waals surface area contributed by atoms with Gasteiger partial charge in [0.05, 0.1) is 13.2 Å². The van der Waals surface area contributed by atoms with Gasteiger partial charge in [-0.2, -0.15) is 0 Å². The molecule has 1 aliphatic rings. The molecule has 4 heteroatoms. The van der Waals surface area contributed by atoms with Crippen molar-refractivity contribution in [2.75, 3.05) is 18.5 Å². The lowest BCUT2D eigenvalue weighted by molar-refractivity contribution is 0.00313. The fraction of sp³-hybridized carbons (Fsp3) is 0.294. The van der Waals surface area contributed by atoms with Gasteiger partial charge in [-0.3, -0.25) is 0 Å². The van der Waals surface area contributed by atoms with E-state index in [0.717, 1.165) is 11.3 Å². The van der Waals surface area contributed by atoms with Gasteiger partial charge >= 0.3 is 0 Å². The molecule has 1 aliphatic heterocycles. The number of halogens is 1. The number of nitrogens with one attached hydrogen (secondary N) is 1. The van der Waals surface area contributed by atoms with Gasteiger partial charge in [-0.1, -0.05) is 18.2 Å². The second kappa shape index (κ2) is 5.74. The minimum atomic E-state index is -0.666. The van der Waals surface area contributed by atoms with Crippen LogP contribution in [0.1, 0.15) is 12.0 Å². The zero-order chi connectivity index (χ0) is 14.7. The largest absolute Gasteiger partial charge is 0.483 e. The van der Waals surface area contributed by atoms with Gasteiger partial charge in [0.2, 0.25) is 0 Å². The summed E-state index contributed by atoms with van der Waals surface area (Å²) in [6, 6.07) is 14.3. The van der Waals surface area contributed by atoms with Crippen LogP contribution in [0.15, 0.2) is 48.5 Å². The predicted molar refractivity (Wildman–Crippen MR) is 80.1 cm³/mol. The molecule has 2 aromatic carbocycles. The number of rotatable bonds is 4. The third kappa shape index (κ3) is 3.00. The van der Waals surface area contributed by atoms with Crippen LogP contribution in [-0.4, -0.2) is 23.9 Å². The highest BCUT2D eigenvalue weighted by molar-refractivity contribution is 5.43. The summed E-state index contributed by atoms with van der Waals surface area (Å²) >= 11 is 0. The summed E-state index contributed by atoms with van der Waals surface area (Å²) in [7, 11) is 0. The van der Waals surface area contributed by atoms with E-state index in [9.17, 15) is 9.50 Å². The number of aryl methyl sites for hydroxylation is 1. The number of anilines is 1. The molecule has 0 spiro atoms. The lowest BCUT2D eigenvalue weighted by Crippen LogP contribution is -2.49. The number of aliphatic hydroxyl groups is 1. The van der Waals surface area contributed by atoms with Crippen LogP contribution in [0.3, 0.4) is 0 Å². The van der Waals surface area contributed by atoms with Crippen LogP contribution in [0.4, 0.5) is 10.1 Å². The SMILES string of the molecule is OCC1(CNc2ccccc2)CCc2cc(F)ccc2O1. The molecule has 2 aromatic rings. The Balaban J connectivity index is 1.74. The van der Waals surface area contributed by atoms with E-state index in [-0.39, 0.29) is 12.4 Å². The van der Waals surface area contributed by atoms with Crippen LogP contribution in [-0.2, 0) is 6.42 Å². The summed E-state index contributed by atoms with van der Waals surface area (Å²) in [6.45, 7) is 0.425. The Morgan fingerprint density at radius 2 is 2.00 bits per heavy atom. The average molecular weight is 287 g/mol. The molecule has 3 rings (SSSR count). The van der Waals surface area contributed by atoms with E-state index < -0.39 is 5.60 Å². The summed E-state index contributed by atoms with van der Waals surface area (Å²) in [6.07, 6.45) is 1.35. The molecule has 0 bridgehead atoms. The summed E-state index contributed by atoms with van der Waals surface area (Å²) in [5, 5.41) is 13.0. The molecule has 21 heavy (non-hydrogen) atoms. The van der Waals surface area contributed by atoms with Crippen molar-refractivity contribution in [3.05, 3.63) is 59.9 Å². The fourth-order valence-electron chi connectivity index (χ4n) is 2.60. The molecule has 0 aromatic heterocycles. The van der Waals surface area contributed by atoms with Crippen molar-refractivity contribution in [1.82, 2.24) is 0 Å². The van der Waals surface area contributed by atoms with Crippen molar-refractivity contribution < 1.29 is 14.2 Å². The second-order valence-electron chi connectivity index (χ2n) is 5.41. The topological polar surface area (TPSA) is 41.5 Å². The first kappa shape index (κ1) is 13.9. The Bertz CT molecular complexity index is 617. The van der Waals surface area contributed by atoms with Crippen molar-refractivity contribution in [1.29, 1.82) is 0 Å². The summed E-state index contributed by atoms with van der Waals surface area (Å²) in [5.41, 5.74) is 1.18. The molecular weight excluding hydrogens is 269 g/mol. The number of hydrogen-bond acceptors (Lipinski definition) is 3. The van der Waals surface area contributed by atoms with Crippen molar-refractivity contribution in [3.8, 4) is 5.75 Å². The molecule has 0 amide bonds. The Kier molecular flexibility index (Phi) is 3.80. The molecule has 0 saturated heterocycles. The summed E-state index contributed by atoms with van der Waals surface area (Å²) in [4.78, 5) is 0. The van der Waals surface area contributed by atoms with Gasteiger partial charge in [-0.15, -0.1) is 0 Å². The maximum atomic E-state index is 13.2. The van der Waals surface area contributed by atoms with Crippen molar-refractivity contribution >= 4 is 5.69 Å². The monoisotopic (exact) mass is 287 g/mol. The molecule has 2 N–H and O–H groups in total. The zero-order valence-electron chi connectivity index (χ0n) is 11.7. The van der Waals surface area contributed by atoms with E-state index in [1.54, 1.807) is 6.07 Å². The van der Waals surface area contributed by atoms with Gasteiger partial charge in [-0.25, -0.2) is 4.39 Å². The normalized spacial score (nSPS) is 20.5. The lowest BCUT2D eigenvalue weighted by Gasteiger charge is -2.37. The van der Waals surface area contributed by atoms with E-state index in [1.807, 2.05) is 30.3 Å². The van der Waals surface area contributed by atoms with E-state index in [0.29, 0.717) is 25.1 Å². The lowest BCUT2D eigenvalue weighted by atomic mass is 9.91. The molecule has 110 valence electrons. The number of para-hydroxylation sites is 1. The van der Waals surface area contributed by atoms with Crippen molar-refractivity contribution in [2.24, 2.45) is 0 Å². The smallest absolute Gasteiger partial charge is 0.149 e. The number of aliphatic hydroxyl groups excluding tert-OH is 1. The maximum absolute atomic E-state index is 13.2. The van der Waals surface area contributed by atoms with Crippen LogP contribution < -0.4 is 10.1 Å². The molecule has 3 nitrogen and oxygen atoms in total. The molecule has 0 radical (unpaired) electrons. The first-order valence-electron chi connectivity index (χ1n) is 7.08. The Morgan fingerprint density at radius 1 is 1.19 bits per heavy atom.